The van der Waals surface area contributed by atoms with E-state index in [1.165, 1.54) is 30.3 Å². The van der Waals surface area contributed by atoms with E-state index in [0.717, 1.165) is 0 Å². The Bertz CT molecular complexity index is 693. The van der Waals surface area contributed by atoms with Crippen molar-refractivity contribution >= 4 is 22.5 Å². The van der Waals surface area contributed by atoms with E-state index in [1.54, 1.807) is 6.07 Å². The van der Waals surface area contributed by atoms with Gasteiger partial charge in [-0.05, 0) is 12.1 Å². The van der Waals surface area contributed by atoms with E-state index in [1.807, 2.05) is 0 Å². The van der Waals surface area contributed by atoms with Gasteiger partial charge in [-0.2, -0.15) is 0 Å². The molecule has 1 atom stereocenters. The third-order valence-electron chi connectivity index (χ3n) is 2.49. The van der Waals surface area contributed by atoms with E-state index >= 15 is 0 Å². The smallest absolute Gasteiger partial charge is 0.371 e. The molecule has 0 aliphatic carbocycles. The molecule has 2 aromatic rings. The lowest BCUT2D eigenvalue weighted by Crippen LogP contribution is -2.00. The van der Waals surface area contributed by atoms with Crippen LogP contribution >= 0.6 is 0 Å². The second-order valence-electron chi connectivity index (χ2n) is 3.80. The maximum absolute atomic E-state index is 12.0. The lowest BCUT2D eigenvalue weighted by molar-refractivity contribution is -0.385. The molecule has 0 saturated carbocycles. The number of nitrogens with zero attached hydrogens (tertiary/aromatic N) is 1. The van der Waals surface area contributed by atoms with E-state index in [-0.39, 0.29) is 22.3 Å². The van der Waals surface area contributed by atoms with Crippen LogP contribution in [0.5, 0.6) is 0 Å². The Labute approximate surface area is 115 Å². The summed E-state index contributed by atoms with van der Waals surface area (Å²) in [5.74, 6) is -1.71. The van der Waals surface area contributed by atoms with Crippen molar-refractivity contribution < 1.29 is 23.5 Å². The highest BCUT2D eigenvalue weighted by atomic mass is 32.2. The third-order valence-corrected chi connectivity index (χ3v) is 3.73. The largest absolute Gasteiger partial charge is 0.475 e. The van der Waals surface area contributed by atoms with Gasteiger partial charge in [-0.25, -0.2) is 4.79 Å². The Morgan fingerprint density at radius 3 is 2.60 bits per heavy atom. The van der Waals surface area contributed by atoms with Gasteiger partial charge in [-0.15, -0.1) is 0 Å². The van der Waals surface area contributed by atoms with Gasteiger partial charge in [-0.1, -0.05) is 18.2 Å². The molecule has 1 heterocycles. The highest BCUT2D eigenvalue weighted by molar-refractivity contribution is 7.84. The minimum Gasteiger partial charge on any atom is -0.475 e. The molecule has 0 saturated heterocycles. The molecule has 1 unspecified atom stereocenters. The maximum Gasteiger partial charge on any atom is 0.371 e. The summed E-state index contributed by atoms with van der Waals surface area (Å²) in [6, 6.07) is 8.40. The molecule has 0 amide bonds. The summed E-state index contributed by atoms with van der Waals surface area (Å²) in [4.78, 5) is 20.9. The number of furan rings is 1. The number of aromatic carboxylic acids is 1. The van der Waals surface area contributed by atoms with Gasteiger partial charge >= 0.3 is 5.97 Å². The number of carboxylic acid groups (broad SMARTS) is 1. The number of hydrogen-bond acceptors (Lipinski definition) is 5. The third kappa shape index (κ3) is 2.91. The average Bonchev–Trinajstić information content (AvgIpc) is 2.89. The van der Waals surface area contributed by atoms with Crippen molar-refractivity contribution in [1.82, 2.24) is 0 Å². The summed E-state index contributed by atoms with van der Waals surface area (Å²) in [6.07, 6.45) is 0. The highest BCUT2D eigenvalue weighted by Gasteiger charge is 2.18. The normalized spacial score (nSPS) is 12.0. The molecular formula is C12H9NO6S. The summed E-state index contributed by atoms with van der Waals surface area (Å²) in [5, 5.41) is 19.5. The van der Waals surface area contributed by atoms with Gasteiger partial charge in [-0.3, -0.25) is 14.3 Å². The van der Waals surface area contributed by atoms with Crippen LogP contribution in [0.2, 0.25) is 0 Å². The number of para-hydroxylation sites is 1. The monoisotopic (exact) mass is 295 g/mol. The van der Waals surface area contributed by atoms with Crippen LogP contribution in [0, 0.1) is 10.1 Å². The SMILES string of the molecule is O=C(O)c1ccc(S(=O)Cc2ccccc2[N+](=O)[O-])o1. The van der Waals surface area contributed by atoms with Gasteiger partial charge in [0.05, 0.1) is 21.5 Å². The molecule has 0 fully saturated rings. The molecule has 2 rings (SSSR count). The van der Waals surface area contributed by atoms with Crippen molar-refractivity contribution in [2.45, 2.75) is 10.8 Å². The van der Waals surface area contributed by atoms with Crippen molar-refractivity contribution in [3.05, 3.63) is 57.8 Å². The summed E-state index contributed by atoms with van der Waals surface area (Å²) in [6.45, 7) is 0. The van der Waals surface area contributed by atoms with E-state index in [2.05, 4.69) is 0 Å². The minimum atomic E-state index is -1.69. The van der Waals surface area contributed by atoms with Crippen LogP contribution in [0.25, 0.3) is 0 Å². The van der Waals surface area contributed by atoms with Crippen molar-refractivity contribution in [2.75, 3.05) is 0 Å². The van der Waals surface area contributed by atoms with Crippen LogP contribution in [-0.4, -0.2) is 20.2 Å². The van der Waals surface area contributed by atoms with E-state index in [4.69, 9.17) is 9.52 Å². The van der Waals surface area contributed by atoms with E-state index in [9.17, 15) is 19.1 Å². The number of nitro groups is 1. The molecular weight excluding hydrogens is 286 g/mol. The van der Waals surface area contributed by atoms with Gasteiger partial charge < -0.3 is 9.52 Å². The molecule has 1 aromatic carbocycles. The Morgan fingerprint density at radius 1 is 1.30 bits per heavy atom. The quantitative estimate of drug-likeness (QED) is 0.668. The molecule has 8 heteroatoms. The number of rotatable bonds is 5. The fraction of sp³-hybridized carbons (Fsp3) is 0.0833. The van der Waals surface area contributed by atoms with Crippen LogP contribution in [0.15, 0.2) is 45.9 Å². The van der Waals surface area contributed by atoms with Crippen molar-refractivity contribution in [1.29, 1.82) is 0 Å². The maximum atomic E-state index is 12.0. The second-order valence-corrected chi connectivity index (χ2v) is 5.18. The fourth-order valence-corrected chi connectivity index (χ4v) is 2.65. The highest BCUT2D eigenvalue weighted by Crippen LogP contribution is 2.22. The standard InChI is InChI=1S/C12H9NO6S/c14-12(15)10-5-6-11(19-10)20(18)7-8-3-1-2-4-9(8)13(16)17/h1-6H,7H2,(H,14,15). The minimum absolute atomic E-state index is 0.0273. The molecule has 0 aliphatic rings. The Balaban J connectivity index is 2.23. The van der Waals surface area contributed by atoms with Crippen LogP contribution in [0.1, 0.15) is 16.1 Å². The first-order valence-electron chi connectivity index (χ1n) is 5.43. The molecule has 20 heavy (non-hydrogen) atoms. The Hall–Kier alpha value is -2.48. The number of carboxylic acids is 1. The van der Waals surface area contributed by atoms with Gasteiger partial charge in [0.15, 0.2) is 5.09 Å². The summed E-state index contributed by atoms with van der Waals surface area (Å²) >= 11 is 0. The average molecular weight is 295 g/mol. The number of nitro benzene ring substituents is 1. The predicted octanol–water partition coefficient (Wildman–Crippen LogP) is 2.19. The first-order chi connectivity index (χ1) is 9.49. The molecule has 0 aliphatic heterocycles. The van der Waals surface area contributed by atoms with Gasteiger partial charge in [0.2, 0.25) is 5.76 Å². The van der Waals surface area contributed by atoms with Gasteiger partial charge in [0, 0.05) is 11.6 Å². The summed E-state index contributed by atoms with van der Waals surface area (Å²) in [7, 11) is -1.69. The molecule has 0 radical (unpaired) electrons. The second kappa shape index (κ2) is 5.66. The first-order valence-corrected chi connectivity index (χ1v) is 6.74. The van der Waals surface area contributed by atoms with Crippen LogP contribution < -0.4 is 0 Å². The van der Waals surface area contributed by atoms with E-state index in [0.29, 0.717) is 5.56 Å². The van der Waals surface area contributed by atoms with Crippen LogP contribution in [0.4, 0.5) is 5.69 Å². The van der Waals surface area contributed by atoms with Crippen molar-refractivity contribution in [2.24, 2.45) is 0 Å². The Kier molecular flexibility index (Phi) is 3.94. The van der Waals surface area contributed by atoms with Crippen LogP contribution in [0.3, 0.4) is 0 Å². The summed E-state index contributed by atoms with van der Waals surface area (Å²) < 4.78 is 16.9. The molecule has 104 valence electrons. The van der Waals surface area contributed by atoms with Crippen LogP contribution in [-0.2, 0) is 16.6 Å². The zero-order chi connectivity index (χ0) is 14.7. The molecule has 0 bridgehead atoms. The predicted molar refractivity (Wildman–Crippen MR) is 68.9 cm³/mol. The van der Waals surface area contributed by atoms with Crippen molar-refractivity contribution in [3.8, 4) is 0 Å². The molecule has 1 N–H and O–H groups in total. The molecule has 7 nitrogen and oxygen atoms in total. The zero-order valence-electron chi connectivity index (χ0n) is 10.0. The lowest BCUT2D eigenvalue weighted by atomic mass is 10.2. The lowest BCUT2D eigenvalue weighted by Gasteiger charge is -2.01. The van der Waals surface area contributed by atoms with Gasteiger partial charge in [0.1, 0.15) is 0 Å². The number of hydrogen-bond donors (Lipinski definition) is 1. The fourth-order valence-electron chi connectivity index (χ4n) is 1.58. The van der Waals surface area contributed by atoms with E-state index < -0.39 is 21.7 Å². The summed E-state index contributed by atoms with van der Waals surface area (Å²) in [5.41, 5.74) is 0.162. The Morgan fingerprint density at radius 2 is 2.00 bits per heavy atom. The molecule has 0 spiro atoms. The van der Waals surface area contributed by atoms with Gasteiger partial charge in [0.25, 0.3) is 5.69 Å². The first kappa shape index (κ1) is 13.9. The molecule has 1 aromatic heterocycles. The topological polar surface area (TPSA) is 111 Å². The number of carbonyl (C=O) groups is 1. The zero-order valence-corrected chi connectivity index (χ0v) is 10.8. The van der Waals surface area contributed by atoms with Crippen molar-refractivity contribution in [3.63, 3.8) is 0 Å². The number of benzene rings is 1.